The van der Waals surface area contributed by atoms with Crippen LogP contribution in [0.2, 0.25) is 5.02 Å². The van der Waals surface area contributed by atoms with E-state index in [0.29, 0.717) is 31.2 Å². The van der Waals surface area contributed by atoms with E-state index in [1.165, 1.54) is 5.57 Å². The average molecular weight is 487 g/mol. The predicted octanol–water partition coefficient (Wildman–Crippen LogP) is 2.80. The van der Waals surface area contributed by atoms with E-state index in [-0.39, 0.29) is 38.4 Å². The summed E-state index contributed by atoms with van der Waals surface area (Å²) in [7, 11) is 0. The highest BCUT2D eigenvalue weighted by Gasteiger charge is 2.23. The molecule has 1 aliphatic carbocycles. The standard InChI is InChI=1S/C27H35ClN2O4/c28-24-7-1-21(2-8-24)27(22-3-9-25(10-4-22)29(13-17-31)14-18-32)23-5-11-26(12-6-23)30(15-19-33)16-20-34/h1-11,26-27,31-34H,12-20H2. The van der Waals surface area contributed by atoms with Crippen molar-refractivity contribution in [2.24, 2.45) is 0 Å². The minimum Gasteiger partial charge on any atom is -0.395 e. The number of anilines is 1. The summed E-state index contributed by atoms with van der Waals surface area (Å²) in [4.78, 5) is 4.05. The lowest BCUT2D eigenvalue weighted by Crippen LogP contribution is -2.38. The van der Waals surface area contributed by atoms with E-state index in [1.54, 1.807) is 0 Å². The Labute approximate surface area is 207 Å². The third kappa shape index (κ3) is 6.92. The van der Waals surface area contributed by atoms with Crippen molar-refractivity contribution in [1.82, 2.24) is 4.90 Å². The van der Waals surface area contributed by atoms with Gasteiger partial charge in [0.15, 0.2) is 0 Å². The quantitative estimate of drug-likeness (QED) is 0.348. The molecule has 3 rings (SSSR count). The summed E-state index contributed by atoms with van der Waals surface area (Å²) in [5, 5.41) is 38.2. The van der Waals surface area contributed by atoms with E-state index in [0.717, 1.165) is 23.2 Å². The Morgan fingerprint density at radius 1 is 0.765 bits per heavy atom. The SMILES string of the molecule is OCCN(CCO)c1ccc(C(C2=CCC(N(CCO)CCO)C=C2)c2ccc(Cl)cc2)cc1. The van der Waals surface area contributed by atoms with E-state index < -0.39 is 0 Å². The second-order valence-electron chi connectivity index (χ2n) is 8.36. The summed E-state index contributed by atoms with van der Waals surface area (Å²) in [5.41, 5.74) is 4.41. The van der Waals surface area contributed by atoms with Crippen LogP contribution < -0.4 is 4.90 Å². The summed E-state index contributed by atoms with van der Waals surface area (Å²) in [6, 6.07) is 16.3. The Morgan fingerprint density at radius 3 is 1.76 bits per heavy atom. The third-order valence-electron chi connectivity index (χ3n) is 6.22. The lowest BCUT2D eigenvalue weighted by Gasteiger charge is -2.31. The van der Waals surface area contributed by atoms with Crippen molar-refractivity contribution in [2.45, 2.75) is 18.4 Å². The van der Waals surface area contributed by atoms with Crippen molar-refractivity contribution >= 4 is 17.3 Å². The molecule has 0 bridgehead atoms. The summed E-state index contributed by atoms with van der Waals surface area (Å²) in [6.45, 7) is 2.16. The fourth-order valence-electron chi connectivity index (χ4n) is 4.53. The van der Waals surface area contributed by atoms with Gasteiger partial charge >= 0.3 is 0 Å². The number of nitrogens with zero attached hydrogens (tertiary/aromatic N) is 2. The van der Waals surface area contributed by atoms with Gasteiger partial charge in [0.1, 0.15) is 0 Å². The second-order valence-corrected chi connectivity index (χ2v) is 8.80. The van der Waals surface area contributed by atoms with Crippen LogP contribution in [-0.4, -0.2) is 84.0 Å². The van der Waals surface area contributed by atoms with Crippen molar-refractivity contribution in [3.05, 3.63) is 88.5 Å². The highest BCUT2D eigenvalue weighted by Crippen LogP contribution is 2.36. The minimum atomic E-state index is 0.0248. The fourth-order valence-corrected chi connectivity index (χ4v) is 4.66. The lowest BCUT2D eigenvalue weighted by molar-refractivity contribution is 0.139. The molecule has 0 aromatic heterocycles. The van der Waals surface area contributed by atoms with Gasteiger partial charge in [-0.25, -0.2) is 0 Å². The Kier molecular flexibility index (Phi) is 10.6. The van der Waals surface area contributed by atoms with E-state index in [2.05, 4.69) is 47.4 Å². The monoisotopic (exact) mass is 486 g/mol. The first-order chi connectivity index (χ1) is 16.6. The molecule has 0 radical (unpaired) electrons. The summed E-state index contributed by atoms with van der Waals surface area (Å²) in [6.07, 6.45) is 7.34. The van der Waals surface area contributed by atoms with Gasteiger partial charge in [-0.1, -0.05) is 54.1 Å². The van der Waals surface area contributed by atoms with Gasteiger partial charge in [0.05, 0.1) is 26.4 Å². The number of halogens is 1. The van der Waals surface area contributed by atoms with Crippen LogP contribution in [-0.2, 0) is 0 Å². The number of hydrogen-bond acceptors (Lipinski definition) is 6. The molecule has 0 aliphatic heterocycles. The van der Waals surface area contributed by atoms with E-state index in [1.807, 2.05) is 29.2 Å². The number of benzene rings is 2. The Balaban J connectivity index is 1.89. The molecule has 0 fully saturated rings. The summed E-state index contributed by atoms with van der Waals surface area (Å²) >= 11 is 6.16. The molecule has 2 aromatic rings. The maximum absolute atomic E-state index is 9.38. The molecule has 34 heavy (non-hydrogen) atoms. The van der Waals surface area contributed by atoms with Crippen molar-refractivity contribution in [3.63, 3.8) is 0 Å². The number of hydrogen-bond donors (Lipinski definition) is 4. The Morgan fingerprint density at radius 2 is 1.29 bits per heavy atom. The number of aliphatic hydroxyl groups excluding tert-OH is 4. The van der Waals surface area contributed by atoms with Crippen LogP contribution in [0.15, 0.2) is 72.3 Å². The van der Waals surface area contributed by atoms with Gasteiger partial charge in [0, 0.05) is 48.8 Å². The van der Waals surface area contributed by atoms with Crippen LogP contribution in [0.5, 0.6) is 0 Å². The van der Waals surface area contributed by atoms with Crippen molar-refractivity contribution in [3.8, 4) is 0 Å². The predicted molar refractivity (Wildman–Crippen MR) is 137 cm³/mol. The number of allylic oxidation sites excluding steroid dienone is 2. The van der Waals surface area contributed by atoms with Gasteiger partial charge in [-0.2, -0.15) is 0 Å². The molecule has 7 heteroatoms. The molecule has 6 nitrogen and oxygen atoms in total. The molecule has 0 saturated carbocycles. The lowest BCUT2D eigenvalue weighted by atomic mass is 9.82. The van der Waals surface area contributed by atoms with Crippen LogP contribution in [0.25, 0.3) is 0 Å². The maximum atomic E-state index is 9.38. The van der Waals surface area contributed by atoms with Crippen LogP contribution in [0, 0.1) is 0 Å². The fraction of sp³-hybridized carbons (Fsp3) is 0.407. The zero-order valence-electron chi connectivity index (χ0n) is 19.4. The molecule has 0 heterocycles. The van der Waals surface area contributed by atoms with Crippen molar-refractivity contribution in [2.75, 3.05) is 57.5 Å². The normalized spacial score (nSPS) is 16.5. The Hall–Kier alpha value is -2.19. The maximum Gasteiger partial charge on any atom is 0.0606 e. The van der Waals surface area contributed by atoms with Gasteiger partial charge in [0.25, 0.3) is 0 Å². The van der Waals surface area contributed by atoms with Crippen molar-refractivity contribution < 1.29 is 20.4 Å². The van der Waals surface area contributed by atoms with Gasteiger partial charge in [0.2, 0.25) is 0 Å². The molecule has 0 amide bonds. The zero-order valence-corrected chi connectivity index (χ0v) is 20.2. The first kappa shape index (κ1) is 26.4. The Bertz CT molecular complexity index is 919. The van der Waals surface area contributed by atoms with Crippen LogP contribution in [0.4, 0.5) is 5.69 Å². The van der Waals surface area contributed by atoms with Crippen LogP contribution in [0.3, 0.4) is 0 Å². The third-order valence-corrected chi connectivity index (χ3v) is 6.47. The molecule has 2 unspecified atom stereocenters. The molecule has 184 valence electrons. The second kappa shape index (κ2) is 13.6. The van der Waals surface area contributed by atoms with Gasteiger partial charge in [-0.05, 0) is 47.4 Å². The molecular weight excluding hydrogens is 452 g/mol. The highest BCUT2D eigenvalue weighted by atomic mass is 35.5. The molecule has 2 aromatic carbocycles. The summed E-state index contributed by atoms with van der Waals surface area (Å²) < 4.78 is 0. The molecule has 0 saturated heterocycles. The smallest absolute Gasteiger partial charge is 0.0606 e. The zero-order chi connectivity index (χ0) is 24.3. The molecule has 1 aliphatic rings. The first-order valence-electron chi connectivity index (χ1n) is 11.8. The highest BCUT2D eigenvalue weighted by molar-refractivity contribution is 6.30. The number of rotatable bonds is 13. The number of aliphatic hydroxyl groups is 4. The van der Waals surface area contributed by atoms with Gasteiger partial charge < -0.3 is 25.3 Å². The van der Waals surface area contributed by atoms with E-state index >= 15 is 0 Å². The molecular formula is C27H35ClN2O4. The van der Waals surface area contributed by atoms with Crippen LogP contribution >= 0.6 is 11.6 Å². The van der Waals surface area contributed by atoms with E-state index in [4.69, 9.17) is 11.6 Å². The molecule has 2 atom stereocenters. The first-order valence-corrected chi connectivity index (χ1v) is 12.1. The van der Waals surface area contributed by atoms with Gasteiger partial charge in [-0.3, -0.25) is 4.90 Å². The molecule has 4 N–H and O–H groups in total. The molecule has 0 spiro atoms. The minimum absolute atomic E-state index is 0.0248. The summed E-state index contributed by atoms with van der Waals surface area (Å²) in [5.74, 6) is 0.0248. The largest absolute Gasteiger partial charge is 0.395 e. The topological polar surface area (TPSA) is 87.4 Å². The van der Waals surface area contributed by atoms with E-state index in [9.17, 15) is 20.4 Å². The average Bonchev–Trinajstić information content (AvgIpc) is 2.86. The van der Waals surface area contributed by atoms with Gasteiger partial charge in [-0.15, -0.1) is 0 Å². The van der Waals surface area contributed by atoms with Crippen LogP contribution in [0.1, 0.15) is 23.5 Å². The van der Waals surface area contributed by atoms with Crippen molar-refractivity contribution in [1.29, 1.82) is 0 Å².